The average molecular weight is 184 g/mol. The second-order valence-electron chi connectivity index (χ2n) is 4.46. The first kappa shape index (κ1) is 12.2. The Balaban J connectivity index is 3.67. The third-order valence-corrected chi connectivity index (χ3v) is 1.52. The predicted octanol–water partition coefficient (Wildman–Crippen LogP) is 2.93. The van der Waals surface area contributed by atoms with Crippen LogP contribution in [-0.2, 0) is 9.53 Å². The van der Waals surface area contributed by atoms with E-state index in [-0.39, 0.29) is 11.4 Å². The molecule has 0 radical (unpaired) electrons. The Morgan fingerprint density at radius 1 is 1.31 bits per heavy atom. The maximum Gasteiger partial charge on any atom is 0.311 e. The van der Waals surface area contributed by atoms with Gasteiger partial charge >= 0.3 is 5.97 Å². The monoisotopic (exact) mass is 184 g/mol. The highest BCUT2D eigenvalue weighted by molar-refractivity contribution is 5.75. The Morgan fingerprint density at radius 2 is 1.85 bits per heavy atom. The van der Waals surface area contributed by atoms with Crippen molar-refractivity contribution in [2.75, 3.05) is 6.61 Å². The summed E-state index contributed by atoms with van der Waals surface area (Å²) in [6.45, 7) is 10.1. The van der Waals surface area contributed by atoms with Crippen LogP contribution in [0.3, 0.4) is 0 Å². The lowest BCUT2D eigenvalue weighted by Gasteiger charge is -2.15. The molecule has 0 aliphatic rings. The molecule has 0 N–H and O–H groups in total. The minimum Gasteiger partial charge on any atom is -0.465 e. The van der Waals surface area contributed by atoms with Crippen molar-refractivity contribution >= 4 is 5.97 Å². The SMILES string of the molecule is CC(C)=CCCOC(=O)C(C)(C)C. The number of ether oxygens (including phenoxy) is 1. The summed E-state index contributed by atoms with van der Waals surface area (Å²) in [5.41, 5.74) is 0.872. The maximum absolute atomic E-state index is 11.3. The largest absolute Gasteiger partial charge is 0.465 e. The van der Waals surface area contributed by atoms with Crippen LogP contribution in [0.1, 0.15) is 41.0 Å². The zero-order chi connectivity index (χ0) is 10.5. The van der Waals surface area contributed by atoms with Crippen molar-refractivity contribution in [1.82, 2.24) is 0 Å². The Labute approximate surface area is 81.0 Å². The van der Waals surface area contributed by atoms with Gasteiger partial charge in [0.2, 0.25) is 0 Å². The number of rotatable bonds is 3. The van der Waals surface area contributed by atoms with E-state index in [0.29, 0.717) is 6.61 Å². The number of esters is 1. The predicted molar refractivity (Wildman–Crippen MR) is 54.5 cm³/mol. The number of allylic oxidation sites excluding steroid dienone is 1. The van der Waals surface area contributed by atoms with E-state index in [1.807, 2.05) is 34.6 Å². The fraction of sp³-hybridized carbons (Fsp3) is 0.727. The summed E-state index contributed by atoms with van der Waals surface area (Å²) < 4.78 is 5.07. The average Bonchev–Trinajstić information content (AvgIpc) is 1.95. The van der Waals surface area contributed by atoms with Crippen molar-refractivity contribution in [3.63, 3.8) is 0 Å². The summed E-state index contributed by atoms with van der Waals surface area (Å²) in [4.78, 5) is 11.3. The van der Waals surface area contributed by atoms with Gasteiger partial charge < -0.3 is 4.74 Å². The van der Waals surface area contributed by atoms with Crippen molar-refractivity contribution in [1.29, 1.82) is 0 Å². The Morgan fingerprint density at radius 3 is 2.23 bits per heavy atom. The minimum absolute atomic E-state index is 0.130. The fourth-order valence-corrected chi connectivity index (χ4v) is 0.716. The third kappa shape index (κ3) is 6.38. The molecule has 0 saturated carbocycles. The van der Waals surface area contributed by atoms with Crippen LogP contribution in [0.5, 0.6) is 0 Å². The normalized spacial score (nSPS) is 10.8. The standard InChI is InChI=1S/C11H20O2/c1-9(2)7-6-8-13-10(12)11(3,4)5/h7H,6,8H2,1-5H3. The highest BCUT2D eigenvalue weighted by Gasteiger charge is 2.22. The summed E-state index contributed by atoms with van der Waals surface area (Å²) in [7, 11) is 0. The molecule has 0 bridgehead atoms. The first-order valence-electron chi connectivity index (χ1n) is 4.64. The van der Waals surface area contributed by atoms with Crippen LogP contribution in [-0.4, -0.2) is 12.6 Å². The van der Waals surface area contributed by atoms with E-state index in [0.717, 1.165) is 6.42 Å². The van der Waals surface area contributed by atoms with Gasteiger partial charge in [-0.05, 0) is 41.0 Å². The summed E-state index contributed by atoms with van der Waals surface area (Å²) >= 11 is 0. The molecule has 76 valence electrons. The second-order valence-corrected chi connectivity index (χ2v) is 4.46. The molecule has 0 aromatic heterocycles. The van der Waals surface area contributed by atoms with E-state index in [1.165, 1.54) is 5.57 Å². The third-order valence-electron chi connectivity index (χ3n) is 1.52. The molecule has 0 rings (SSSR count). The number of hydrogen-bond donors (Lipinski definition) is 0. The molecule has 13 heavy (non-hydrogen) atoms. The zero-order valence-electron chi connectivity index (χ0n) is 9.31. The topological polar surface area (TPSA) is 26.3 Å². The van der Waals surface area contributed by atoms with Crippen molar-refractivity contribution in [3.8, 4) is 0 Å². The van der Waals surface area contributed by atoms with Gasteiger partial charge in [0.1, 0.15) is 0 Å². The molecule has 0 spiro atoms. The maximum atomic E-state index is 11.3. The van der Waals surface area contributed by atoms with Gasteiger partial charge in [-0.1, -0.05) is 11.6 Å². The van der Waals surface area contributed by atoms with Crippen LogP contribution >= 0.6 is 0 Å². The molecular formula is C11H20O2. The molecule has 0 amide bonds. The molecular weight excluding hydrogens is 164 g/mol. The summed E-state index contributed by atoms with van der Waals surface area (Å²) in [6, 6.07) is 0. The summed E-state index contributed by atoms with van der Waals surface area (Å²) in [5, 5.41) is 0. The molecule has 0 aromatic carbocycles. The summed E-state index contributed by atoms with van der Waals surface area (Å²) in [5.74, 6) is -0.130. The molecule has 0 aliphatic heterocycles. The van der Waals surface area contributed by atoms with Gasteiger partial charge in [-0.15, -0.1) is 0 Å². The quantitative estimate of drug-likeness (QED) is 0.383. The van der Waals surface area contributed by atoms with Crippen molar-refractivity contribution < 1.29 is 9.53 Å². The van der Waals surface area contributed by atoms with Crippen LogP contribution in [0.15, 0.2) is 11.6 Å². The van der Waals surface area contributed by atoms with Gasteiger partial charge in [0.15, 0.2) is 0 Å². The highest BCUT2D eigenvalue weighted by Crippen LogP contribution is 2.15. The van der Waals surface area contributed by atoms with Crippen LogP contribution in [0.2, 0.25) is 0 Å². The number of hydrogen-bond acceptors (Lipinski definition) is 2. The molecule has 0 saturated heterocycles. The van der Waals surface area contributed by atoms with E-state index in [4.69, 9.17) is 4.74 Å². The van der Waals surface area contributed by atoms with Crippen LogP contribution < -0.4 is 0 Å². The second kappa shape index (κ2) is 5.05. The number of carbonyl (C=O) groups is 1. The van der Waals surface area contributed by atoms with Gasteiger partial charge in [-0.2, -0.15) is 0 Å². The van der Waals surface area contributed by atoms with E-state index < -0.39 is 0 Å². The first-order chi connectivity index (χ1) is 5.84. The highest BCUT2D eigenvalue weighted by atomic mass is 16.5. The van der Waals surface area contributed by atoms with Gasteiger partial charge in [0.25, 0.3) is 0 Å². The molecule has 0 aromatic rings. The van der Waals surface area contributed by atoms with Crippen molar-refractivity contribution in [2.24, 2.45) is 5.41 Å². The van der Waals surface area contributed by atoms with Crippen LogP contribution in [0.4, 0.5) is 0 Å². The van der Waals surface area contributed by atoms with E-state index in [9.17, 15) is 4.79 Å². The molecule has 2 heteroatoms. The van der Waals surface area contributed by atoms with Gasteiger partial charge in [-0.3, -0.25) is 4.79 Å². The minimum atomic E-state index is -0.384. The Kier molecular flexibility index (Phi) is 4.74. The molecule has 0 unspecified atom stereocenters. The molecule has 0 heterocycles. The van der Waals surface area contributed by atoms with Crippen LogP contribution in [0, 0.1) is 5.41 Å². The van der Waals surface area contributed by atoms with E-state index >= 15 is 0 Å². The molecule has 0 aliphatic carbocycles. The smallest absolute Gasteiger partial charge is 0.311 e. The Hall–Kier alpha value is -0.790. The lowest BCUT2D eigenvalue weighted by atomic mass is 9.97. The van der Waals surface area contributed by atoms with E-state index in [1.54, 1.807) is 0 Å². The van der Waals surface area contributed by atoms with Gasteiger partial charge in [0, 0.05) is 0 Å². The number of carbonyl (C=O) groups excluding carboxylic acids is 1. The zero-order valence-corrected chi connectivity index (χ0v) is 9.31. The first-order valence-corrected chi connectivity index (χ1v) is 4.64. The van der Waals surface area contributed by atoms with Crippen LogP contribution in [0.25, 0.3) is 0 Å². The van der Waals surface area contributed by atoms with Gasteiger partial charge in [0.05, 0.1) is 12.0 Å². The fourth-order valence-electron chi connectivity index (χ4n) is 0.716. The van der Waals surface area contributed by atoms with E-state index in [2.05, 4.69) is 6.08 Å². The van der Waals surface area contributed by atoms with Gasteiger partial charge in [-0.25, -0.2) is 0 Å². The van der Waals surface area contributed by atoms with Crippen molar-refractivity contribution in [3.05, 3.63) is 11.6 Å². The lowest BCUT2D eigenvalue weighted by Crippen LogP contribution is -2.23. The summed E-state index contributed by atoms with van der Waals surface area (Å²) in [6.07, 6.45) is 2.88. The van der Waals surface area contributed by atoms with Crippen molar-refractivity contribution in [2.45, 2.75) is 41.0 Å². The lowest BCUT2D eigenvalue weighted by molar-refractivity contribution is -0.152. The molecule has 0 fully saturated rings. The molecule has 2 nitrogen and oxygen atoms in total. The Bertz CT molecular complexity index is 193. The molecule has 0 atom stereocenters.